The van der Waals surface area contributed by atoms with Crippen LogP contribution in [0.5, 0.6) is 11.5 Å². The summed E-state index contributed by atoms with van der Waals surface area (Å²) in [6.07, 6.45) is 0.683. The van der Waals surface area contributed by atoms with Gasteiger partial charge in [0.15, 0.2) is 17.3 Å². The van der Waals surface area contributed by atoms with E-state index in [2.05, 4.69) is 16.0 Å². The Labute approximate surface area is 203 Å². The molecule has 0 bridgehead atoms. The van der Waals surface area contributed by atoms with Crippen molar-refractivity contribution in [2.75, 3.05) is 35.9 Å². The smallest absolute Gasteiger partial charge is 0.323 e. The molecule has 0 atom stereocenters. The molecular weight excluding hydrogens is 448 g/mol. The lowest BCUT2D eigenvalue weighted by atomic mass is 10.1. The summed E-state index contributed by atoms with van der Waals surface area (Å²) in [5, 5.41) is 8.26. The van der Waals surface area contributed by atoms with E-state index in [-0.39, 0.29) is 24.1 Å². The van der Waals surface area contributed by atoms with E-state index in [1.54, 1.807) is 48.5 Å². The molecule has 0 unspecified atom stereocenters. The molecule has 0 radical (unpaired) electrons. The maximum atomic E-state index is 12.6. The van der Waals surface area contributed by atoms with E-state index < -0.39 is 0 Å². The molecule has 0 aliphatic rings. The van der Waals surface area contributed by atoms with Crippen LogP contribution in [0, 0.1) is 0 Å². The van der Waals surface area contributed by atoms with Crippen molar-refractivity contribution < 1.29 is 23.9 Å². The molecule has 3 aromatic rings. The fourth-order valence-corrected chi connectivity index (χ4v) is 3.36. The number of rotatable bonds is 9. The van der Waals surface area contributed by atoms with Gasteiger partial charge in [0, 0.05) is 35.1 Å². The maximum Gasteiger partial charge on any atom is 0.323 e. The number of hydrogen-bond donors (Lipinski definition) is 4. The molecule has 35 heavy (non-hydrogen) atoms. The number of benzene rings is 3. The summed E-state index contributed by atoms with van der Waals surface area (Å²) in [6.45, 7) is 1.42. The average Bonchev–Trinajstić information content (AvgIpc) is 2.84. The van der Waals surface area contributed by atoms with Gasteiger partial charge in [-0.05, 0) is 61.4 Å². The highest BCUT2D eigenvalue weighted by molar-refractivity contribution is 6.04. The van der Waals surface area contributed by atoms with E-state index in [1.807, 2.05) is 12.1 Å². The van der Waals surface area contributed by atoms with Crippen molar-refractivity contribution in [3.8, 4) is 11.5 Å². The first-order chi connectivity index (χ1) is 16.8. The largest absolute Gasteiger partial charge is 0.493 e. The summed E-state index contributed by atoms with van der Waals surface area (Å²) in [5.74, 6) is 0.373. The maximum absolute atomic E-state index is 12.6. The number of anilines is 4. The van der Waals surface area contributed by atoms with Gasteiger partial charge < -0.3 is 31.2 Å². The van der Waals surface area contributed by atoms with Crippen molar-refractivity contribution in [3.05, 3.63) is 71.8 Å². The predicted octanol–water partition coefficient (Wildman–Crippen LogP) is 4.70. The first-order valence-electron chi connectivity index (χ1n) is 10.9. The van der Waals surface area contributed by atoms with Crippen LogP contribution in [0.1, 0.15) is 29.3 Å². The summed E-state index contributed by atoms with van der Waals surface area (Å²) in [4.78, 5) is 36.7. The summed E-state index contributed by atoms with van der Waals surface area (Å²) in [6, 6.07) is 16.8. The first-order valence-corrected chi connectivity index (χ1v) is 10.9. The number of carbonyl (C=O) groups excluding carboxylic acids is 3. The van der Waals surface area contributed by atoms with Gasteiger partial charge >= 0.3 is 6.03 Å². The summed E-state index contributed by atoms with van der Waals surface area (Å²) >= 11 is 0. The number of methoxy groups -OCH3 is 2. The fraction of sp³-hybridized carbons (Fsp3) is 0.192. The Kier molecular flexibility index (Phi) is 8.29. The van der Waals surface area contributed by atoms with Crippen LogP contribution in [-0.4, -0.2) is 31.9 Å². The van der Waals surface area contributed by atoms with Crippen LogP contribution < -0.4 is 31.2 Å². The van der Waals surface area contributed by atoms with Crippen molar-refractivity contribution in [1.29, 1.82) is 0 Å². The second-order valence-corrected chi connectivity index (χ2v) is 7.76. The molecule has 9 nitrogen and oxygen atoms in total. The van der Waals surface area contributed by atoms with E-state index in [0.717, 1.165) is 5.56 Å². The van der Waals surface area contributed by atoms with Crippen molar-refractivity contribution in [2.45, 2.75) is 19.8 Å². The Hall–Kier alpha value is -4.53. The average molecular weight is 477 g/mol. The Morgan fingerprint density at radius 2 is 1.34 bits per heavy atom. The monoisotopic (exact) mass is 476 g/mol. The third-order valence-electron chi connectivity index (χ3n) is 5.20. The van der Waals surface area contributed by atoms with E-state index >= 15 is 0 Å². The van der Waals surface area contributed by atoms with Gasteiger partial charge in [-0.1, -0.05) is 12.1 Å². The van der Waals surface area contributed by atoms with Crippen molar-refractivity contribution >= 4 is 40.5 Å². The molecule has 3 aromatic carbocycles. The highest BCUT2D eigenvalue weighted by Gasteiger charge is 2.16. The number of nitrogens with one attached hydrogen (secondary N) is 3. The minimum atomic E-state index is -0.377. The number of nitrogens with two attached hydrogens (primary N) is 1. The molecule has 0 aromatic heterocycles. The summed E-state index contributed by atoms with van der Waals surface area (Å²) < 4.78 is 10.5. The molecule has 0 heterocycles. The minimum absolute atomic E-state index is 0.204. The Balaban J connectivity index is 1.55. The minimum Gasteiger partial charge on any atom is -0.493 e. The predicted molar refractivity (Wildman–Crippen MR) is 136 cm³/mol. The molecule has 3 amide bonds. The van der Waals surface area contributed by atoms with E-state index in [0.29, 0.717) is 46.2 Å². The third kappa shape index (κ3) is 6.97. The second kappa shape index (κ2) is 11.6. The normalized spacial score (nSPS) is 10.3. The first kappa shape index (κ1) is 25.1. The summed E-state index contributed by atoms with van der Waals surface area (Å²) in [5.41, 5.74) is 9.12. The Morgan fingerprint density at radius 3 is 1.89 bits per heavy atom. The molecule has 0 saturated carbocycles. The number of Topliss-reactive ketones (excluding diaryl/α,β-unsaturated/α-hetero) is 1. The lowest BCUT2D eigenvalue weighted by Crippen LogP contribution is -2.19. The zero-order chi connectivity index (χ0) is 25.4. The molecule has 0 saturated heterocycles. The number of urea groups is 1. The van der Waals surface area contributed by atoms with E-state index in [9.17, 15) is 14.4 Å². The number of ketones is 1. The molecule has 3 rings (SSSR count). The van der Waals surface area contributed by atoms with Gasteiger partial charge in [0.25, 0.3) is 0 Å². The van der Waals surface area contributed by atoms with Gasteiger partial charge in [0.2, 0.25) is 5.91 Å². The number of aryl methyl sites for hydroxylation is 1. The molecule has 5 N–H and O–H groups in total. The van der Waals surface area contributed by atoms with Crippen LogP contribution in [0.2, 0.25) is 0 Å². The zero-order valence-corrected chi connectivity index (χ0v) is 19.8. The molecule has 0 spiro atoms. The quantitative estimate of drug-likeness (QED) is 0.261. The molecule has 0 fully saturated rings. The van der Waals surface area contributed by atoms with Gasteiger partial charge in [0.05, 0.1) is 19.9 Å². The van der Waals surface area contributed by atoms with Crippen molar-refractivity contribution in [2.24, 2.45) is 0 Å². The van der Waals surface area contributed by atoms with Crippen LogP contribution in [0.15, 0.2) is 60.7 Å². The number of hydrogen-bond acceptors (Lipinski definition) is 6. The molecule has 182 valence electrons. The molecule has 0 aliphatic carbocycles. The number of carbonyl (C=O) groups is 3. The van der Waals surface area contributed by atoms with E-state index in [4.69, 9.17) is 15.2 Å². The Morgan fingerprint density at radius 1 is 0.800 bits per heavy atom. The van der Waals surface area contributed by atoms with Crippen LogP contribution in [0.3, 0.4) is 0 Å². The molecule has 0 aliphatic heterocycles. The van der Waals surface area contributed by atoms with Gasteiger partial charge in [-0.2, -0.15) is 0 Å². The second-order valence-electron chi connectivity index (χ2n) is 7.76. The van der Waals surface area contributed by atoms with E-state index in [1.165, 1.54) is 21.1 Å². The number of amides is 3. The lowest BCUT2D eigenvalue weighted by Gasteiger charge is -2.14. The fourth-order valence-electron chi connectivity index (χ4n) is 3.36. The zero-order valence-electron chi connectivity index (χ0n) is 19.8. The van der Waals surface area contributed by atoms with Crippen LogP contribution >= 0.6 is 0 Å². The third-order valence-corrected chi connectivity index (χ3v) is 5.20. The highest BCUT2D eigenvalue weighted by atomic mass is 16.5. The lowest BCUT2D eigenvalue weighted by molar-refractivity contribution is -0.116. The van der Waals surface area contributed by atoms with Crippen molar-refractivity contribution in [1.82, 2.24) is 0 Å². The van der Waals surface area contributed by atoms with Gasteiger partial charge in [0.1, 0.15) is 0 Å². The van der Waals surface area contributed by atoms with Crippen LogP contribution in [0.25, 0.3) is 0 Å². The number of nitrogen functional groups attached to an aromatic ring is 1. The molecular formula is C26H28N4O5. The molecule has 9 heteroatoms. The van der Waals surface area contributed by atoms with Gasteiger partial charge in [-0.3, -0.25) is 9.59 Å². The Bertz CT molecular complexity index is 1210. The standard InChI is InChI=1S/C26H28N4O5/c1-16(31)21-14-23(34-2)24(35-3)15-22(21)30-25(32)13-6-17-4-9-19(10-5-17)28-26(33)29-20-11-7-18(27)8-12-20/h4-5,7-12,14-15H,6,13,27H2,1-3H3,(H,30,32)(H2,28,29,33). The topological polar surface area (TPSA) is 132 Å². The van der Waals surface area contributed by atoms with Gasteiger partial charge in [-0.15, -0.1) is 0 Å². The summed E-state index contributed by atoms with van der Waals surface area (Å²) in [7, 11) is 2.96. The van der Waals surface area contributed by atoms with Crippen LogP contribution in [0.4, 0.5) is 27.5 Å². The number of ether oxygens (including phenoxy) is 2. The van der Waals surface area contributed by atoms with Gasteiger partial charge in [-0.25, -0.2) is 4.79 Å². The van der Waals surface area contributed by atoms with Crippen molar-refractivity contribution in [3.63, 3.8) is 0 Å². The van der Waals surface area contributed by atoms with Crippen LogP contribution in [-0.2, 0) is 11.2 Å². The highest BCUT2D eigenvalue weighted by Crippen LogP contribution is 2.33. The SMILES string of the molecule is COc1cc(NC(=O)CCc2ccc(NC(=O)Nc3ccc(N)cc3)cc2)c(C(C)=O)cc1OC.